The molecule has 0 aliphatic carbocycles. The summed E-state index contributed by atoms with van der Waals surface area (Å²) >= 11 is 0. The lowest BCUT2D eigenvalue weighted by atomic mass is 10.0. The zero-order chi connectivity index (χ0) is 98.6. The largest absolute Gasteiger partial charge is 0.361 e. The minimum absolute atomic E-state index is 0.336. The van der Waals surface area contributed by atoms with Gasteiger partial charge in [0.2, 0.25) is 0 Å². The summed E-state index contributed by atoms with van der Waals surface area (Å²) in [6.07, 6.45) is 14.7. The number of aromatic nitrogens is 18. The molecule has 27 nitrogen and oxygen atoms in total. The van der Waals surface area contributed by atoms with Crippen LogP contribution < -0.4 is 0 Å². The maximum Gasteiger partial charge on any atom is 0.277 e. The molecule has 12 aromatic heterocycles. The number of pyridine rings is 9. The van der Waals surface area contributed by atoms with Crippen LogP contribution in [-0.4, -0.2) is 89.7 Å². The Morgan fingerprint density at radius 1 is 0.174 bits per heavy atom. The Morgan fingerprint density at radius 3 is 0.694 bits per heavy atom. The molecule has 0 saturated carbocycles. The van der Waals surface area contributed by atoms with Crippen LogP contribution in [0.3, 0.4) is 0 Å². The Morgan fingerprint density at radius 2 is 0.424 bits per heavy atom. The number of benzene rings is 9. The minimum Gasteiger partial charge on any atom is -0.361 e. The van der Waals surface area contributed by atoms with E-state index in [1.165, 1.54) is 0 Å². The molecule has 12 heterocycles. The molecule has 0 saturated heterocycles. The van der Waals surface area contributed by atoms with E-state index in [9.17, 15) is 21.0 Å². The second-order valence-electron chi connectivity index (χ2n) is 31.8. The Hall–Kier alpha value is -22.2. The third kappa shape index (κ3) is 20.5. The first kappa shape index (κ1) is 90.9. The molecule has 0 atom stereocenters. The van der Waals surface area contributed by atoms with Crippen molar-refractivity contribution in [2.45, 2.75) is 0 Å². The molecule has 0 aliphatic rings. The summed E-state index contributed by atoms with van der Waals surface area (Å²) in [6, 6.07) is 115. The van der Waals surface area contributed by atoms with Gasteiger partial charge in [0.1, 0.15) is 89.2 Å². The fraction of sp³-hybridized carbons (Fsp3) is 0. The van der Waals surface area contributed by atoms with Crippen LogP contribution in [0.15, 0.2) is 383 Å². The van der Waals surface area contributed by atoms with Gasteiger partial charge >= 0.3 is 0 Å². The molecular formula is C117H63N27. The van der Waals surface area contributed by atoms with E-state index in [1.807, 2.05) is 291 Å². The van der Waals surface area contributed by atoms with Crippen molar-refractivity contribution in [2.24, 2.45) is 0 Å². The summed E-state index contributed by atoms with van der Waals surface area (Å²) in [6.45, 7) is 21.9. The molecule has 0 amide bonds. The van der Waals surface area contributed by atoms with Gasteiger partial charge in [-0.15, -0.1) is 15.0 Å². The summed E-state index contributed by atoms with van der Waals surface area (Å²) in [5, 5.41) is 55.8. The molecule has 27 heteroatoms. The van der Waals surface area contributed by atoms with Gasteiger partial charge in [0.15, 0.2) is 52.4 Å². The molecule has 666 valence electrons. The molecule has 21 aromatic rings. The van der Waals surface area contributed by atoms with E-state index in [0.717, 1.165) is 150 Å². The smallest absolute Gasteiger partial charge is 0.277 e. The second-order valence-corrected chi connectivity index (χ2v) is 31.8. The highest BCUT2D eigenvalue weighted by Crippen LogP contribution is 2.38. The predicted octanol–water partition coefficient (Wildman–Crippen LogP) is 25.1. The lowest BCUT2D eigenvalue weighted by Gasteiger charge is -2.11. The van der Waals surface area contributed by atoms with Crippen LogP contribution in [0.2, 0.25) is 0 Å². The zero-order valence-corrected chi connectivity index (χ0v) is 75.4. The van der Waals surface area contributed by atoms with Crippen LogP contribution in [0, 0.1) is 87.7 Å². The molecule has 0 aliphatic heterocycles. The van der Waals surface area contributed by atoms with E-state index in [-0.39, 0.29) is 0 Å². The number of hydrogen-bond donors (Lipinski definition) is 0. The van der Waals surface area contributed by atoms with Crippen LogP contribution in [0.25, 0.3) is 217 Å². The van der Waals surface area contributed by atoms with E-state index in [1.54, 1.807) is 104 Å². The Bertz CT molecular complexity index is 7980. The van der Waals surface area contributed by atoms with E-state index < -0.39 is 0 Å². The van der Waals surface area contributed by atoms with Gasteiger partial charge in [-0.05, 0) is 164 Å². The summed E-state index contributed by atoms with van der Waals surface area (Å²) in [5.41, 5.74) is 25.1. The molecule has 0 fully saturated rings. The van der Waals surface area contributed by atoms with Crippen molar-refractivity contribution in [3.63, 3.8) is 0 Å². The van der Waals surface area contributed by atoms with E-state index in [0.29, 0.717) is 104 Å². The van der Waals surface area contributed by atoms with Crippen LogP contribution in [0.4, 0.5) is 17.5 Å². The van der Waals surface area contributed by atoms with Crippen molar-refractivity contribution in [3.05, 3.63) is 452 Å². The molecule has 0 radical (unpaired) electrons. The number of nitrogens with zero attached hydrogens (tertiary/aromatic N) is 27. The van der Waals surface area contributed by atoms with Crippen LogP contribution in [0.5, 0.6) is 0 Å². The summed E-state index contributed by atoms with van der Waals surface area (Å²) in [4.78, 5) is 91.6. The topological polar surface area (TPSA) is 388 Å². The quantitative estimate of drug-likeness (QED) is 0.0720. The standard InChI is InChI=1S/3C39H21N9/c1-42-36-19-16-33(24-45-36)27-6-12-30(13-7-27)39-47-37(28-8-2-25(3-9-28)31-14-17-34(20-40)43-22-31)46-38(48-39)29-10-4-26(5-11-29)32-15-18-35(21-41)44-23-32;1-42-36-22-33(16-19-45-36)27-6-12-30(13-7-27)39-47-37(28-8-2-25(3-9-28)31-14-17-43-34(20-31)23-40)46-38(48-39)29-10-4-26(5-11-29)32-15-18-44-35(21-32)24-41;1-42-39-33(7-4-22-45-39)27-12-18-30(19-13-27)38-47-36(28-14-8-25(9-15-28)31-5-2-20-43-34(31)23-40)46-37(48-38)29-16-10-26(11-17-29)32-6-3-21-44-35(32)24-41/h2-19,22-24H;2*2-22H. The highest BCUT2D eigenvalue weighted by atomic mass is 15.1. The van der Waals surface area contributed by atoms with Gasteiger partial charge in [0.05, 0.1) is 0 Å². The maximum atomic E-state index is 9.53. The fourth-order valence-electron chi connectivity index (χ4n) is 15.6. The zero-order valence-electron chi connectivity index (χ0n) is 75.4. The number of rotatable bonds is 18. The molecule has 0 bridgehead atoms. The van der Waals surface area contributed by atoms with E-state index >= 15 is 0 Å². The van der Waals surface area contributed by atoms with Gasteiger partial charge in [-0.1, -0.05) is 250 Å². The van der Waals surface area contributed by atoms with Gasteiger partial charge in [0, 0.05) is 121 Å². The lowest BCUT2D eigenvalue weighted by Crippen LogP contribution is -2.00. The molecule has 0 N–H and O–H groups in total. The highest BCUT2D eigenvalue weighted by molar-refractivity contribution is 5.82. The van der Waals surface area contributed by atoms with Gasteiger partial charge in [-0.2, -0.15) is 31.6 Å². The highest BCUT2D eigenvalue weighted by Gasteiger charge is 2.21. The Kier molecular flexibility index (Phi) is 26.6. The third-order valence-electron chi connectivity index (χ3n) is 23.1. The van der Waals surface area contributed by atoms with Crippen molar-refractivity contribution < 1.29 is 0 Å². The third-order valence-corrected chi connectivity index (χ3v) is 23.1. The fourth-order valence-corrected chi connectivity index (χ4v) is 15.6. The van der Waals surface area contributed by atoms with Crippen molar-refractivity contribution in [3.8, 4) is 239 Å². The first-order valence-corrected chi connectivity index (χ1v) is 44.2. The van der Waals surface area contributed by atoms with Crippen molar-refractivity contribution >= 4 is 17.5 Å². The first-order chi connectivity index (χ1) is 70.8. The van der Waals surface area contributed by atoms with Gasteiger partial charge in [-0.3, -0.25) is 0 Å². The molecule has 9 aromatic carbocycles. The maximum absolute atomic E-state index is 9.53. The average molecular weight is 1850 g/mol. The molecule has 21 rings (SSSR count). The Balaban J connectivity index is 0.000000137. The SMILES string of the molecule is [C-]#[N+]c1cc(-c2ccc(-c3nc(-c4ccc(-c5ccnc(C#N)c5)cc4)nc(-c4ccc(-c5ccnc(C#N)c5)cc4)n3)cc2)ccn1.[C-]#[N+]c1ccc(-c2ccc(-c3nc(-c4ccc(-c5ccc(C#N)nc5)cc4)nc(-c4ccc(-c5ccc(C#N)nc5)cc4)n3)cc2)cn1.[C-]#[N+]c1ncccc1-c1ccc(-c2nc(-c3ccc(-c4cccnc4C#N)cc3)nc(-c3ccc(-c4cccnc4C#N)cc3)n2)cc1. The van der Waals surface area contributed by atoms with Crippen molar-refractivity contribution in [1.29, 1.82) is 31.6 Å². The Labute approximate surface area is 824 Å². The number of hydrogen-bond acceptors (Lipinski definition) is 24. The van der Waals surface area contributed by atoms with Crippen LogP contribution >= 0.6 is 0 Å². The average Bonchev–Trinajstić information content (AvgIpc) is 0.788. The summed E-state index contributed by atoms with van der Waals surface area (Å²) < 4.78 is 0. The monoisotopic (exact) mass is 1850 g/mol. The van der Waals surface area contributed by atoms with E-state index in [4.69, 9.17) is 75.1 Å². The van der Waals surface area contributed by atoms with Crippen LogP contribution in [0.1, 0.15) is 34.2 Å². The minimum atomic E-state index is 0.336. The molecule has 0 unspecified atom stereocenters. The van der Waals surface area contributed by atoms with Crippen LogP contribution in [-0.2, 0) is 0 Å². The van der Waals surface area contributed by atoms with E-state index in [2.05, 4.69) is 83.7 Å². The van der Waals surface area contributed by atoms with Gasteiger partial charge < -0.3 is 14.5 Å². The summed E-state index contributed by atoms with van der Waals surface area (Å²) in [7, 11) is 0. The number of nitriles is 6. The molecule has 0 spiro atoms. The first-order valence-electron chi connectivity index (χ1n) is 44.2. The summed E-state index contributed by atoms with van der Waals surface area (Å²) in [5.74, 6) is 5.52. The van der Waals surface area contributed by atoms with Gasteiger partial charge in [0.25, 0.3) is 17.5 Å². The second kappa shape index (κ2) is 42.1. The van der Waals surface area contributed by atoms with Crippen molar-refractivity contribution in [1.82, 2.24) is 89.7 Å². The van der Waals surface area contributed by atoms with Gasteiger partial charge in [-0.25, -0.2) is 74.8 Å². The molecular weight excluding hydrogens is 1780 g/mol. The normalized spacial score (nSPS) is 10.4. The predicted molar refractivity (Wildman–Crippen MR) is 545 cm³/mol. The lowest BCUT2D eigenvalue weighted by molar-refractivity contribution is 1.07. The molecule has 144 heavy (non-hydrogen) atoms. The van der Waals surface area contributed by atoms with Crippen molar-refractivity contribution in [2.75, 3.05) is 0 Å².